The van der Waals surface area contributed by atoms with Crippen LogP contribution in [0.3, 0.4) is 0 Å². The van der Waals surface area contributed by atoms with Gasteiger partial charge in [-0.1, -0.05) is 51.1 Å². The molecule has 0 aliphatic carbocycles. The molecule has 1 aromatic rings. The zero-order valence-electron chi connectivity index (χ0n) is 16.4. The molecule has 8 heteroatoms. The molecule has 0 fully saturated rings. The maximum absolute atomic E-state index is 12.9. The molecule has 0 aliphatic rings. The normalized spacial score (nSPS) is 15.5. The van der Waals surface area contributed by atoms with Crippen LogP contribution in [0.1, 0.15) is 39.7 Å². The van der Waals surface area contributed by atoms with Gasteiger partial charge in [0.15, 0.2) is 0 Å². The van der Waals surface area contributed by atoms with Crippen molar-refractivity contribution in [3.05, 3.63) is 35.9 Å². The minimum Gasteiger partial charge on any atom is -0.466 e. The first-order valence-electron chi connectivity index (χ1n) is 9.11. The number of amides is 1. The fourth-order valence-corrected chi connectivity index (χ4v) is 4.80. The van der Waals surface area contributed by atoms with E-state index in [0.29, 0.717) is 6.42 Å². The highest BCUT2D eigenvalue weighted by Gasteiger charge is 2.36. The Kier molecular flexibility index (Phi) is 9.53. The lowest BCUT2D eigenvalue weighted by Crippen LogP contribution is -2.37. The Morgan fingerprint density at radius 3 is 2.33 bits per heavy atom. The molecule has 1 amide bonds. The highest BCUT2D eigenvalue weighted by Crippen LogP contribution is 2.49. The van der Waals surface area contributed by atoms with Crippen molar-refractivity contribution < 1.29 is 28.5 Å². The third-order valence-corrected chi connectivity index (χ3v) is 6.29. The van der Waals surface area contributed by atoms with E-state index in [-0.39, 0.29) is 25.3 Å². The summed E-state index contributed by atoms with van der Waals surface area (Å²) in [5.41, 5.74) is 0.816. The second-order valence-electron chi connectivity index (χ2n) is 6.94. The molecule has 0 saturated heterocycles. The van der Waals surface area contributed by atoms with Crippen molar-refractivity contribution in [1.29, 1.82) is 0 Å². The van der Waals surface area contributed by atoms with Gasteiger partial charge in [0.1, 0.15) is 12.4 Å². The second kappa shape index (κ2) is 11.1. The molecular formula is C19H30NO6P. The molecule has 0 radical (unpaired) electrons. The Bertz CT molecular complexity index is 649. The van der Waals surface area contributed by atoms with E-state index >= 15 is 0 Å². The molecule has 0 heterocycles. The van der Waals surface area contributed by atoms with Gasteiger partial charge in [-0.15, -0.1) is 0 Å². The van der Waals surface area contributed by atoms with Gasteiger partial charge in [-0.3, -0.25) is 9.36 Å². The van der Waals surface area contributed by atoms with E-state index in [1.54, 1.807) is 13.8 Å². The second-order valence-corrected chi connectivity index (χ2v) is 9.44. The number of hydrogen-bond donors (Lipinski definition) is 2. The summed E-state index contributed by atoms with van der Waals surface area (Å²) in [6.45, 7) is 7.27. The lowest BCUT2D eigenvalue weighted by Gasteiger charge is -2.27. The van der Waals surface area contributed by atoms with E-state index in [1.807, 2.05) is 44.2 Å². The Labute approximate surface area is 160 Å². The van der Waals surface area contributed by atoms with Crippen molar-refractivity contribution in [3.63, 3.8) is 0 Å². The maximum Gasteiger partial charge on any atom is 0.408 e. The molecule has 0 aromatic heterocycles. The summed E-state index contributed by atoms with van der Waals surface area (Å²) in [7, 11) is -3.85. The molecule has 0 aliphatic heterocycles. The van der Waals surface area contributed by atoms with Crippen molar-refractivity contribution in [3.8, 4) is 0 Å². The van der Waals surface area contributed by atoms with Gasteiger partial charge in [0.2, 0.25) is 7.37 Å². The average Bonchev–Trinajstić information content (AvgIpc) is 2.59. The van der Waals surface area contributed by atoms with Gasteiger partial charge >= 0.3 is 12.1 Å². The summed E-state index contributed by atoms with van der Waals surface area (Å²) in [5.74, 6) is -2.18. The summed E-state index contributed by atoms with van der Waals surface area (Å²) in [6.07, 6.45) is -0.728. The number of alkyl carbamates (subject to hydrolysis) is 1. The lowest BCUT2D eigenvalue weighted by atomic mass is 10.1. The van der Waals surface area contributed by atoms with Crippen LogP contribution in [0.5, 0.6) is 0 Å². The quantitative estimate of drug-likeness (QED) is 0.459. The first kappa shape index (κ1) is 23.2. The van der Waals surface area contributed by atoms with Gasteiger partial charge in [0, 0.05) is 6.16 Å². The third-order valence-electron chi connectivity index (χ3n) is 3.90. The molecule has 3 unspecified atom stereocenters. The Morgan fingerprint density at radius 2 is 1.78 bits per heavy atom. The average molecular weight is 399 g/mol. The maximum atomic E-state index is 12.9. The van der Waals surface area contributed by atoms with E-state index in [9.17, 15) is 19.0 Å². The molecule has 0 spiro atoms. The van der Waals surface area contributed by atoms with Crippen LogP contribution in [0, 0.1) is 11.8 Å². The lowest BCUT2D eigenvalue weighted by molar-refractivity contribution is -0.146. The van der Waals surface area contributed by atoms with Crippen LogP contribution >= 0.6 is 7.37 Å². The van der Waals surface area contributed by atoms with E-state index in [2.05, 4.69) is 5.32 Å². The molecule has 152 valence electrons. The summed E-state index contributed by atoms with van der Waals surface area (Å²) < 4.78 is 22.9. The predicted octanol–water partition coefficient (Wildman–Crippen LogP) is 3.75. The molecule has 0 bridgehead atoms. The summed E-state index contributed by atoms with van der Waals surface area (Å²) in [4.78, 5) is 34.4. The zero-order valence-corrected chi connectivity index (χ0v) is 17.3. The van der Waals surface area contributed by atoms with Crippen molar-refractivity contribution >= 4 is 19.4 Å². The molecule has 0 saturated carbocycles. The van der Waals surface area contributed by atoms with Gasteiger partial charge in [-0.2, -0.15) is 0 Å². The molecule has 2 N–H and O–H groups in total. The molecule has 1 aromatic carbocycles. The van der Waals surface area contributed by atoms with Gasteiger partial charge in [-0.05, 0) is 24.8 Å². The van der Waals surface area contributed by atoms with Gasteiger partial charge in [0.05, 0.1) is 12.5 Å². The van der Waals surface area contributed by atoms with Crippen molar-refractivity contribution in [1.82, 2.24) is 5.32 Å². The van der Waals surface area contributed by atoms with E-state index in [1.165, 1.54) is 0 Å². The molecule has 27 heavy (non-hydrogen) atoms. The topological polar surface area (TPSA) is 102 Å². The molecule has 7 nitrogen and oxygen atoms in total. The van der Waals surface area contributed by atoms with Crippen LogP contribution in [0.15, 0.2) is 30.3 Å². The van der Waals surface area contributed by atoms with Crippen molar-refractivity contribution in [2.24, 2.45) is 11.8 Å². The number of nitrogens with one attached hydrogen (secondary N) is 1. The fourth-order valence-electron chi connectivity index (χ4n) is 2.55. The number of esters is 1. The van der Waals surface area contributed by atoms with Gasteiger partial charge in [-0.25, -0.2) is 4.79 Å². The number of ether oxygens (including phenoxy) is 2. The largest absolute Gasteiger partial charge is 0.466 e. The van der Waals surface area contributed by atoms with Gasteiger partial charge in [0.25, 0.3) is 0 Å². The fraction of sp³-hybridized carbons (Fsp3) is 0.579. The number of carbonyl (C=O) groups is 2. The highest BCUT2D eigenvalue weighted by molar-refractivity contribution is 7.58. The Hall–Kier alpha value is -1.85. The van der Waals surface area contributed by atoms with E-state index in [4.69, 9.17) is 9.47 Å². The summed E-state index contributed by atoms with van der Waals surface area (Å²) >= 11 is 0. The number of hydrogen-bond acceptors (Lipinski definition) is 5. The van der Waals surface area contributed by atoms with E-state index in [0.717, 1.165) is 5.56 Å². The summed E-state index contributed by atoms with van der Waals surface area (Å²) in [5, 5.41) is 2.51. The third kappa shape index (κ3) is 8.59. The predicted molar refractivity (Wildman–Crippen MR) is 103 cm³/mol. The standard InChI is InChI=1S/C19H30NO6P/c1-5-25-18(21)15(4)13-27(23,24)17(11-14(2)3)20-19(22)26-12-16-9-7-6-8-10-16/h6-10,14-15,17H,5,11-13H2,1-4H3,(H,20,22)(H,23,24). The van der Waals surface area contributed by atoms with Crippen LogP contribution in [-0.2, 0) is 25.4 Å². The van der Waals surface area contributed by atoms with Gasteiger partial charge < -0.3 is 19.7 Å². The SMILES string of the molecule is CCOC(=O)C(C)CP(=O)(O)C(CC(C)C)NC(=O)OCc1ccccc1. The smallest absolute Gasteiger partial charge is 0.408 e. The Balaban J connectivity index is 2.73. The molecule has 1 rings (SSSR count). The van der Waals surface area contributed by atoms with Crippen LogP contribution in [-0.4, -0.2) is 35.5 Å². The van der Waals surface area contributed by atoms with Crippen molar-refractivity contribution in [2.75, 3.05) is 12.8 Å². The van der Waals surface area contributed by atoms with Crippen LogP contribution in [0.25, 0.3) is 0 Å². The van der Waals surface area contributed by atoms with Crippen LogP contribution in [0.4, 0.5) is 4.79 Å². The van der Waals surface area contributed by atoms with Crippen molar-refractivity contribution in [2.45, 2.75) is 46.5 Å². The summed E-state index contributed by atoms with van der Waals surface area (Å²) in [6, 6.07) is 9.15. The highest BCUT2D eigenvalue weighted by atomic mass is 31.2. The zero-order chi connectivity index (χ0) is 20.4. The minimum absolute atomic E-state index is 0.0655. The Morgan fingerprint density at radius 1 is 1.15 bits per heavy atom. The number of rotatable bonds is 10. The molecule has 3 atom stereocenters. The monoisotopic (exact) mass is 399 g/mol. The first-order chi connectivity index (χ1) is 12.7. The minimum atomic E-state index is -3.85. The van der Waals surface area contributed by atoms with E-state index < -0.39 is 31.1 Å². The number of carbonyl (C=O) groups excluding carboxylic acids is 2. The van der Waals surface area contributed by atoms with Crippen LogP contribution < -0.4 is 5.32 Å². The van der Waals surface area contributed by atoms with Crippen LogP contribution in [0.2, 0.25) is 0 Å². The molecular weight excluding hydrogens is 369 g/mol. The number of benzene rings is 1. The first-order valence-corrected chi connectivity index (χ1v) is 11.0.